The molecule has 1 fully saturated rings. The average Bonchev–Trinajstić information content (AvgIpc) is 2.75. The van der Waals surface area contributed by atoms with Gasteiger partial charge < -0.3 is 20.7 Å². The summed E-state index contributed by atoms with van der Waals surface area (Å²) < 4.78 is 5.79. The van der Waals surface area contributed by atoms with Crippen molar-refractivity contribution in [1.82, 2.24) is 4.90 Å². The summed E-state index contributed by atoms with van der Waals surface area (Å²) in [5.74, 6) is 1.62. The second kappa shape index (κ2) is 12.8. The van der Waals surface area contributed by atoms with E-state index in [9.17, 15) is 4.79 Å². The van der Waals surface area contributed by atoms with Gasteiger partial charge in [0.1, 0.15) is 5.75 Å². The second-order valence-corrected chi connectivity index (χ2v) is 7.19. The van der Waals surface area contributed by atoms with Gasteiger partial charge in [-0.25, -0.2) is 4.79 Å². The van der Waals surface area contributed by atoms with Crippen LogP contribution >= 0.6 is 0 Å². The van der Waals surface area contributed by atoms with Gasteiger partial charge in [0.25, 0.3) is 0 Å². The highest BCUT2D eigenvalue weighted by molar-refractivity contribution is 5.87. The highest BCUT2D eigenvalue weighted by Gasteiger charge is 2.19. The van der Waals surface area contributed by atoms with Crippen molar-refractivity contribution >= 4 is 11.7 Å². The minimum atomic E-state index is -0.559. The molecule has 0 bridgehead atoms. The molecule has 0 atom stereocenters. The number of nitrogens with two attached hydrogens (primary N) is 1. The van der Waals surface area contributed by atoms with Crippen molar-refractivity contribution < 1.29 is 9.53 Å². The molecule has 1 saturated heterocycles. The number of carbonyl (C=O) groups is 1. The number of carbonyl (C=O) groups excluding carboxylic acids is 1. The minimum absolute atomic E-state index is 0.559. The molecule has 0 aliphatic carbocycles. The number of rotatable bonds is 8. The van der Waals surface area contributed by atoms with Crippen molar-refractivity contribution in [2.45, 2.75) is 39.5 Å². The second-order valence-electron chi connectivity index (χ2n) is 7.19. The van der Waals surface area contributed by atoms with E-state index < -0.39 is 6.03 Å². The zero-order valence-corrected chi connectivity index (χ0v) is 17.8. The Kier molecular flexibility index (Phi) is 10.1. The monoisotopic (exact) mass is 397 g/mol. The maximum Gasteiger partial charge on any atom is 0.316 e. The van der Waals surface area contributed by atoms with Crippen LogP contribution in [0.25, 0.3) is 0 Å². The number of nitrogens with zero attached hydrogens (tertiary/aromatic N) is 1. The van der Waals surface area contributed by atoms with E-state index in [-0.39, 0.29) is 0 Å². The van der Waals surface area contributed by atoms with E-state index in [4.69, 9.17) is 10.5 Å². The van der Waals surface area contributed by atoms with Crippen LogP contribution in [0.1, 0.15) is 38.7 Å². The normalized spacial score (nSPS) is 14.6. The molecular formula is C24H35N3O2. The van der Waals surface area contributed by atoms with Crippen LogP contribution in [0.3, 0.4) is 0 Å². The average molecular weight is 398 g/mol. The van der Waals surface area contributed by atoms with Gasteiger partial charge in [0.2, 0.25) is 0 Å². The Bertz CT molecular complexity index is 696. The third-order valence-corrected chi connectivity index (χ3v) is 5.08. The Hall–Kier alpha value is -2.53. The van der Waals surface area contributed by atoms with E-state index in [1.807, 2.05) is 26.0 Å². The molecule has 2 aromatic rings. The van der Waals surface area contributed by atoms with Crippen LogP contribution in [0.4, 0.5) is 10.5 Å². The summed E-state index contributed by atoms with van der Waals surface area (Å²) in [5.41, 5.74) is 7.23. The van der Waals surface area contributed by atoms with Gasteiger partial charge in [0.15, 0.2) is 0 Å². The van der Waals surface area contributed by atoms with E-state index in [0.717, 1.165) is 24.6 Å². The van der Waals surface area contributed by atoms with Crippen LogP contribution in [0.5, 0.6) is 5.75 Å². The number of amides is 2. The molecule has 5 heteroatoms. The maximum absolute atomic E-state index is 10.8. The van der Waals surface area contributed by atoms with Crippen LogP contribution in [-0.4, -0.2) is 37.2 Å². The van der Waals surface area contributed by atoms with Crippen LogP contribution < -0.4 is 15.8 Å². The third kappa shape index (κ3) is 8.57. The quantitative estimate of drug-likeness (QED) is 0.621. The van der Waals surface area contributed by atoms with Crippen molar-refractivity contribution in [3.05, 3.63) is 60.2 Å². The Balaban J connectivity index is 0.00000145. The highest BCUT2D eigenvalue weighted by atomic mass is 16.5. The van der Waals surface area contributed by atoms with Crippen molar-refractivity contribution in [3.63, 3.8) is 0 Å². The number of ether oxygens (including phenoxy) is 1. The number of nitrogens with one attached hydrogen (secondary N) is 1. The number of hydrogen-bond donors (Lipinski definition) is 2. The predicted molar refractivity (Wildman–Crippen MR) is 120 cm³/mol. The number of primary amides is 1. The number of hydrogen-bond acceptors (Lipinski definition) is 3. The predicted octanol–water partition coefficient (Wildman–Crippen LogP) is 4.93. The summed E-state index contributed by atoms with van der Waals surface area (Å²) in [6, 6.07) is 17.5. The first kappa shape index (κ1) is 22.8. The lowest BCUT2D eigenvalue weighted by molar-refractivity contribution is 0.170. The largest absolute Gasteiger partial charge is 0.494 e. The third-order valence-electron chi connectivity index (χ3n) is 5.08. The van der Waals surface area contributed by atoms with E-state index in [1.165, 1.54) is 37.9 Å². The Labute approximate surface area is 175 Å². The first-order valence-corrected chi connectivity index (χ1v) is 10.7. The fourth-order valence-corrected chi connectivity index (χ4v) is 3.62. The highest BCUT2D eigenvalue weighted by Crippen LogP contribution is 2.22. The molecular weight excluding hydrogens is 362 g/mol. The molecule has 0 radical (unpaired) electrons. The first-order valence-electron chi connectivity index (χ1n) is 10.7. The Morgan fingerprint density at radius 3 is 2.34 bits per heavy atom. The lowest BCUT2D eigenvalue weighted by Gasteiger charge is -2.32. The van der Waals surface area contributed by atoms with Gasteiger partial charge in [-0.1, -0.05) is 44.2 Å². The van der Waals surface area contributed by atoms with Crippen LogP contribution in [0.2, 0.25) is 0 Å². The first-order chi connectivity index (χ1) is 14.2. The fraction of sp³-hybridized carbons (Fsp3) is 0.458. The molecule has 2 aromatic carbocycles. The number of piperidine rings is 1. The molecule has 0 saturated carbocycles. The van der Waals surface area contributed by atoms with Gasteiger partial charge in [-0.3, -0.25) is 0 Å². The molecule has 1 heterocycles. The van der Waals surface area contributed by atoms with Crippen LogP contribution in [0.15, 0.2) is 54.6 Å². The summed E-state index contributed by atoms with van der Waals surface area (Å²) in [6.45, 7) is 8.15. The summed E-state index contributed by atoms with van der Waals surface area (Å²) in [4.78, 5) is 13.3. The zero-order chi connectivity index (χ0) is 20.9. The lowest BCUT2D eigenvalue weighted by Crippen LogP contribution is -2.35. The number of anilines is 1. The number of benzene rings is 2. The minimum Gasteiger partial charge on any atom is -0.494 e. The maximum atomic E-state index is 10.8. The van der Waals surface area contributed by atoms with Gasteiger partial charge in [-0.15, -0.1) is 0 Å². The van der Waals surface area contributed by atoms with Crippen molar-refractivity contribution in [1.29, 1.82) is 0 Å². The van der Waals surface area contributed by atoms with Crippen molar-refractivity contribution in [3.8, 4) is 5.75 Å². The van der Waals surface area contributed by atoms with Gasteiger partial charge in [-0.2, -0.15) is 0 Å². The zero-order valence-electron chi connectivity index (χ0n) is 17.8. The number of likely N-dealkylation sites (tertiary alicyclic amines) is 1. The van der Waals surface area contributed by atoms with Crippen LogP contribution in [0, 0.1) is 5.92 Å². The van der Waals surface area contributed by atoms with Crippen molar-refractivity contribution in [2.75, 3.05) is 31.6 Å². The molecule has 0 unspecified atom stereocenters. The van der Waals surface area contributed by atoms with Gasteiger partial charge in [-0.05, 0) is 74.5 Å². The van der Waals surface area contributed by atoms with E-state index in [1.54, 1.807) is 12.1 Å². The Morgan fingerprint density at radius 2 is 1.72 bits per heavy atom. The molecule has 0 spiro atoms. The molecule has 1 aliphatic heterocycles. The fourth-order valence-electron chi connectivity index (χ4n) is 3.62. The molecule has 29 heavy (non-hydrogen) atoms. The molecule has 5 nitrogen and oxygen atoms in total. The topological polar surface area (TPSA) is 67.6 Å². The molecule has 1 aliphatic rings. The summed E-state index contributed by atoms with van der Waals surface area (Å²) in [5, 5.41) is 2.54. The standard InChI is InChI=1S/C22H29N3O2.C2H6/c23-22(26)24-20-7-9-21(10-8-20)27-16-4-13-25-14-11-19(12-15-25)17-18-5-2-1-3-6-18;1-2/h1-3,5-10,19H,4,11-17H2,(H3,23,24,26);1-2H3. The number of urea groups is 1. The molecule has 158 valence electrons. The summed E-state index contributed by atoms with van der Waals surface area (Å²) >= 11 is 0. The molecule has 3 N–H and O–H groups in total. The summed E-state index contributed by atoms with van der Waals surface area (Å²) in [6.07, 6.45) is 4.79. The van der Waals surface area contributed by atoms with Gasteiger partial charge >= 0.3 is 6.03 Å². The van der Waals surface area contributed by atoms with Crippen LogP contribution in [-0.2, 0) is 6.42 Å². The van der Waals surface area contributed by atoms with Gasteiger partial charge in [0.05, 0.1) is 6.61 Å². The smallest absolute Gasteiger partial charge is 0.316 e. The SMILES string of the molecule is CC.NC(=O)Nc1ccc(OCCCN2CCC(Cc3ccccc3)CC2)cc1. The molecule has 3 rings (SSSR count). The van der Waals surface area contributed by atoms with E-state index in [0.29, 0.717) is 12.3 Å². The van der Waals surface area contributed by atoms with Crippen molar-refractivity contribution in [2.24, 2.45) is 11.7 Å². The summed E-state index contributed by atoms with van der Waals surface area (Å²) in [7, 11) is 0. The van der Waals surface area contributed by atoms with Gasteiger partial charge in [0, 0.05) is 12.2 Å². The van der Waals surface area contributed by atoms with E-state index >= 15 is 0 Å². The Morgan fingerprint density at radius 1 is 1.07 bits per heavy atom. The van der Waals surface area contributed by atoms with E-state index in [2.05, 4.69) is 40.5 Å². The lowest BCUT2D eigenvalue weighted by atomic mass is 9.90. The molecule has 0 aromatic heterocycles. The molecule has 2 amide bonds.